The van der Waals surface area contributed by atoms with Gasteiger partial charge in [-0.3, -0.25) is 9.59 Å². The van der Waals surface area contributed by atoms with Crippen molar-refractivity contribution in [3.05, 3.63) is 48.0 Å². The summed E-state index contributed by atoms with van der Waals surface area (Å²) in [6.07, 6.45) is 6.27. The number of rotatable bonds is 8. The summed E-state index contributed by atoms with van der Waals surface area (Å²) >= 11 is 0. The van der Waals surface area contributed by atoms with Crippen LogP contribution in [0.25, 0.3) is 10.8 Å². The van der Waals surface area contributed by atoms with Gasteiger partial charge in [0.25, 0.3) is 5.91 Å². The van der Waals surface area contributed by atoms with Crippen LogP contribution in [0.15, 0.2) is 42.5 Å². The van der Waals surface area contributed by atoms with Crippen molar-refractivity contribution >= 4 is 22.6 Å². The van der Waals surface area contributed by atoms with Crippen LogP contribution in [-0.4, -0.2) is 36.1 Å². The standard InChI is InChI=1S/C23H30N2O3/c26-21-10-4-3-7-18(21)9-5-14-24-22(27)13-15-25-23(28)20-12-11-17-6-1-2-8-19(17)16-20/h1-2,6,8,11-12,16,18,21,26H,3-5,7,9-10,13-15H2,(H,24,27)(H,25,28)/t18-,21+/m0/s1. The Kier molecular flexibility index (Phi) is 7.43. The molecule has 150 valence electrons. The number of hydrogen-bond acceptors (Lipinski definition) is 3. The molecule has 1 saturated carbocycles. The minimum Gasteiger partial charge on any atom is -0.393 e. The first kappa shape index (κ1) is 20.3. The maximum Gasteiger partial charge on any atom is 0.251 e. The molecule has 2 amide bonds. The lowest BCUT2D eigenvalue weighted by atomic mass is 9.83. The van der Waals surface area contributed by atoms with Crippen LogP contribution in [0.1, 0.15) is 55.3 Å². The van der Waals surface area contributed by atoms with Gasteiger partial charge >= 0.3 is 0 Å². The first-order chi connectivity index (χ1) is 13.6. The molecule has 3 rings (SSSR count). The summed E-state index contributed by atoms with van der Waals surface area (Å²) in [5.41, 5.74) is 0.602. The summed E-state index contributed by atoms with van der Waals surface area (Å²) in [6, 6.07) is 13.5. The molecular weight excluding hydrogens is 352 g/mol. The monoisotopic (exact) mass is 382 g/mol. The van der Waals surface area contributed by atoms with Crippen molar-refractivity contribution in [2.24, 2.45) is 5.92 Å². The van der Waals surface area contributed by atoms with Crippen molar-refractivity contribution in [1.82, 2.24) is 10.6 Å². The Morgan fingerprint density at radius 3 is 2.57 bits per heavy atom. The second-order valence-electron chi connectivity index (χ2n) is 7.67. The third-order valence-electron chi connectivity index (χ3n) is 5.59. The van der Waals surface area contributed by atoms with E-state index < -0.39 is 0 Å². The van der Waals surface area contributed by atoms with E-state index in [1.807, 2.05) is 36.4 Å². The highest BCUT2D eigenvalue weighted by atomic mass is 16.3. The number of aliphatic hydroxyl groups is 1. The lowest BCUT2D eigenvalue weighted by Gasteiger charge is -2.27. The van der Waals surface area contributed by atoms with E-state index in [2.05, 4.69) is 10.6 Å². The fourth-order valence-electron chi connectivity index (χ4n) is 3.93. The van der Waals surface area contributed by atoms with Gasteiger partial charge in [-0.2, -0.15) is 0 Å². The van der Waals surface area contributed by atoms with Crippen molar-refractivity contribution in [3.63, 3.8) is 0 Å². The Labute approximate surface area is 166 Å². The van der Waals surface area contributed by atoms with Crippen molar-refractivity contribution in [1.29, 1.82) is 0 Å². The zero-order valence-corrected chi connectivity index (χ0v) is 16.3. The Balaban J connectivity index is 1.32. The highest BCUT2D eigenvalue weighted by Gasteiger charge is 2.22. The highest BCUT2D eigenvalue weighted by molar-refractivity contribution is 5.98. The van der Waals surface area contributed by atoms with E-state index in [0.717, 1.165) is 42.9 Å². The van der Waals surface area contributed by atoms with Crippen LogP contribution in [0.3, 0.4) is 0 Å². The molecule has 5 heteroatoms. The van der Waals surface area contributed by atoms with E-state index in [1.54, 1.807) is 6.07 Å². The molecule has 1 aliphatic rings. The van der Waals surface area contributed by atoms with Gasteiger partial charge in [-0.05, 0) is 54.5 Å². The van der Waals surface area contributed by atoms with Crippen LogP contribution in [0.2, 0.25) is 0 Å². The van der Waals surface area contributed by atoms with E-state index in [1.165, 1.54) is 6.42 Å². The Hall–Kier alpha value is -2.40. The molecule has 0 aliphatic heterocycles. The molecule has 0 aromatic heterocycles. The fourth-order valence-corrected chi connectivity index (χ4v) is 3.93. The molecule has 1 fully saturated rings. The SMILES string of the molecule is O=C(CCNC(=O)c1ccc2ccccc2c1)NCCC[C@@H]1CCCC[C@H]1O. The molecule has 2 aromatic rings. The molecule has 0 heterocycles. The summed E-state index contributed by atoms with van der Waals surface area (Å²) in [5, 5.41) is 17.8. The van der Waals surface area contributed by atoms with Gasteiger partial charge in [-0.25, -0.2) is 0 Å². The number of fused-ring (bicyclic) bond motifs is 1. The van der Waals surface area contributed by atoms with Gasteiger partial charge in [-0.1, -0.05) is 43.2 Å². The maximum atomic E-state index is 12.3. The zero-order chi connectivity index (χ0) is 19.8. The van der Waals surface area contributed by atoms with Gasteiger partial charge in [0.2, 0.25) is 5.91 Å². The minimum atomic E-state index is -0.172. The lowest BCUT2D eigenvalue weighted by molar-refractivity contribution is -0.120. The largest absolute Gasteiger partial charge is 0.393 e. The average molecular weight is 383 g/mol. The molecule has 0 unspecified atom stereocenters. The van der Waals surface area contributed by atoms with Crippen LogP contribution < -0.4 is 10.6 Å². The number of aliphatic hydroxyl groups excluding tert-OH is 1. The molecule has 0 saturated heterocycles. The average Bonchev–Trinajstić information content (AvgIpc) is 2.72. The first-order valence-electron chi connectivity index (χ1n) is 10.4. The summed E-state index contributed by atoms with van der Waals surface area (Å²) < 4.78 is 0. The van der Waals surface area contributed by atoms with Gasteiger partial charge in [0.15, 0.2) is 0 Å². The molecule has 3 N–H and O–H groups in total. The molecule has 0 radical (unpaired) electrons. The number of carbonyl (C=O) groups excluding carboxylic acids is 2. The van der Waals surface area contributed by atoms with Crippen molar-refractivity contribution in [3.8, 4) is 0 Å². The van der Waals surface area contributed by atoms with Crippen molar-refractivity contribution in [2.75, 3.05) is 13.1 Å². The summed E-state index contributed by atoms with van der Waals surface area (Å²) in [4.78, 5) is 24.2. The Bertz CT molecular complexity index is 805. The van der Waals surface area contributed by atoms with E-state index in [9.17, 15) is 14.7 Å². The normalized spacial score (nSPS) is 19.3. The third kappa shape index (κ3) is 5.80. The molecule has 28 heavy (non-hydrogen) atoms. The Morgan fingerprint density at radius 2 is 1.75 bits per heavy atom. The molecule has 0 spiro atoms. The zero-order valence-electron chi connectivity index (χ0n) is 16.3. The third-order valence-corrected chi connectivity index (χ3v) is 5.59. The van der Waals surface area contributed by atoms with Gasteiger partial charge in [0.1, 0.15) is 0 Å². The summed E-state index contributed by atoms with van der Waals surface area (Å²) in [5.74, 6) is 0.166. The maximum absolute atomic E-state index is 12.3. The van der Waals surface area contributed by atoms with E-state index >= 15 is 0 Å². The van der Waals surface area contributed by atoms with Crippen LogP contribution in [0.5, 0.6) is 0 Å². The predicted octanol–water partition coefficient (Wildman–Crippen LogP) is 3.41. The number of carbonyl (C=O) groups is 2. The second kappa shape index (κ2) is 10.2. The molecule has 1 aliphatic carbocycles. The quantitative estimate of drug-likeness (QED) is 0.612. The minimum absolute atomic E-state index is 0.0528. The van der Waals surface area contributed by atoms with E-state index in [0.29, 0.717) is 24.6 Å². The Morgan fingerprint density at radius 1 is 0.964 bits per heavy atom. The topological polar surface area (TPSA) is 78.4 Å². The van der Waals surface area contributed by atoms with Gasteiger partial charge in [-0.15, -0.1) is 0 Å². The second-order valence-corrected chi connectivity index (χ2v) is 7.67. The molecule has 2 atom stereocenters. The van der Waals surface area contributed by atoms with Crippen LogP contribution in [-0.2, 0) is 4.79 Å². The number of benzene rings is 2. The highest BCUT2D eigenvalue weighted by Crippen LogP contribution is 2.27. The molecule has 2 aromatic carbocycles. The lowest BCUT2D eigenvalue weighted by Crippen LogP contribution is -2.31. The van der Waals surface area contributed by atoms with Crippen LogP contribution in [0.4, 0.5) is 0 Å². The number of nitrogens with one attached hydrogen (secondary N) is 2. The van der Waals surface area contributed by atoms with Gasteiger partial charge < -0.3 is 15.7 Å². The molecule has 5 nitrogen and oxygen atoms in total. The van der Waals surface area contributed by atoms with Crippen molar-refractivity contribution in [2.45, 2.75) is 51.0 Å². The summed E-state index contributed by atoms with van der Waals surface area (Å²) in [7, 11) is 0. The number of hydrogen-bond donors (Lipinski definition) is 3. The number of amides is 2. The van der Waals surface area contributed by atoms with Gasteiger partial charge in [0, 0.05) is 25.1 Å². The first-order valence-corrected chi connectivity index (χ1v) is 10.4. The van der Waals surface area contributed by atoms with Crippen molar-refractivity contribution < 1.29 is 14.7 Å². The van der Waals surface area contributed by atoms with Gasteiger partial charge in [0.05, 0.1) is 6.10 Å². The predicted molar refractivity (Wildman–Crippen MR) is 111 cm³/mol. The summed E-state index contributed by atoms with van der Waals surface area (Å²) in [6.45, 7) is 0.944. The van der Waals surface area contributed by atoms with Crippen LogP contribution in [0, 0.1) is 5.92 Å². The van der Waals surface area contributed by atoms with Crippen LogP contribution >= 0.6 is 0 Å². The smallest absolute Gasteiger partial charge is 0.251 e. The fraction of sp³-hybridized carbons (Fsp3) is 0.478. The molecule has 0 bridgehead atoms. The van der Waals surface area contributed by atoms with E-state index in [4.69, 9.17) is 0 Å². The van der Waals surface area contributed by atoms with E-state index in [-0.39, 0.29) is 24.3 Å². The molecular formula is C23H30N2O3.